The lowest BCUT2D eigenvalue weighted by molar-refractivity contribution is -0.133. The Hall–Kier alpha value is -0.570. The smallest absolute Gasteiger partial charge is 0.239 e. The molecule has 1 aliphatic rings. The van der Waals surface area contributed by atoms with Crippen LogP contribution in [0.5, 0.6) is 0 Å². The Labute approximate surface area is 74.1 Å². The minimum atomic E-state index is -0.0249. The Kier molecular flexibility index (Phi) is 3.53. The molecule has 1 amide bonds. The van der Waals surface area contributed by atoms with Gasteiger partial charge in [0.25, 0.3) is 0 Å². The van der Waals surface area contributed by atoms with Crippen LogP contribution in [-0.2, 0) is 4.79 Å². The maximum Gasteiger partial charge on any atom is 0.239 e. The van der Waals surface area contributed by atoms with Gasteiger partial charge < -0.3 is 10.2 Å². The second kappa shape index (κ2) is 4.45. The molecular formula is C9H18N2O. The number of nitrogens with zero attached hydrogens (tertiary/aromatic N) is 1. The van der Waals surface area contributed by atoms with Crippen LogP contribution in [-0.4, -0.2) is 37.0 Å². The highest BCUT2D eigenvalue weighted by Gasteiger charge is 2.20. The molecule has 1 rings (SSSR count). The molecule has 0 aromatic heterocycles. The molecule has 0 radical (unpaired) electrons. The molecule has 0 unspecified atom stereocenters. The van der Waals surface area contributed by atoms with Crippen molar-refractivity contribution in [3.63, 3.8) is 0 Å². The van der Waals surface area contributed by atoms with E-state index < -0.39 is 0 Å². The lowest BCUT2D eigenvalue weighted by Crippen LogP contribution is -2.45. The van der Waals surface area contributed by atoms with Crippen molar-refractivity contribution in [1.82, 2.24) is 10.2 Å². The minimum absolute atomic E-state index is 0.0249. The van der Waals surface area contributed by atoms with Gasteiger partial charge in [-0.05, 0) is 33.2 Å². The Morgan fingerprint density at radius 3 is 2.42 bits per heavy atom. The third kappa shape index (κ3) is 2.21. The summed E-state index contributed by atoms with van der Waals surface area (Å²) in [4.78, 5) is 13.6. The summed E-state index contributed by atoms with van der Waals surface area (Å²) in [6, 6.07) is -0.0249. The van der Waals surface area contributed by atoms with E-state index in [1.807, 2.05) is 18.9 Å². The predicted molar refractivity (Wildman–Crippen MR) is 49.0 cm³/mol. The fraction of sp³-hybridized carbons (Fsp3) is 0.889. The van der Waals surface area contributed by atoms with Crippen LogP contribution >= 0.6 is 0 Å². The Morgan fingerprint density at radius 2 is 1.92 bits per heavy atom. The number of carbonyl (C=O) groups excluding carboxylic acids is 1. The van der Waals surface area contributed by atoms with Gasteiger partial charge >= 0.3 is 0 Å². The van der Waals surface area contributed by atoms with Crippen molar-refractivity contribution in [1.29, 1.82) is 0 Å². The minimum Gasteiger partial charge on any atom is -0.341 e. The van der Waals surface area contributed by atoms with Crippen molar-refractivity contribution < 1.29 is 4.79 Å². The number of nitrogens with one attached hydrogen (secondary N) is 1. The number of piperidine rings is 1. The van der Waals surface area contributed by atoms with Crippen molar-refractivity contribution in [2.75, 3.05) is 20.1 Å². The summed E-state index contributed by atoms with van der Waals surface area (Å²) in [6.07, 6.45) is 3.61. The van der Waals surface area contributed by atoms with Gasteiger partial charge in [0.2, 0.25) is 5.91 Å². The van der Waals surface area contributed by atoms with Gasteiger partial charge in [-0.3, -0.25) is 4.79 Å². The van der Waals surface area contributed by atoms with Crippen LogP contribution in [0.4, 0.5) is 0 Å². The SMILES string of the molecule is CN[C@H](C)C(=O)N1CCCCC1. The lowest BCUT2D eigenvalue weighted by Gasteiger charge is -2.28. The fourth-order valence-corrected chi connectivity index (χ4v) is 1.51. The quantitative estimate of drug-likeness (QED) is 0.658. The van der Waals surface area contributed by atoms with Crippen LogP contribution < -0.4 is 5.32 Å². The summed E-state index contributed by atoms with van der Waals surface area (Å²) >= 11 is 0. The molecule has 70 valence electrons. The zero-order valence-corrected chi connectivity index (χ0v) is 7.97. The molecule has 0 aliphatic carbocycles. The Balaban J connectivity index is 2.39. The number of hydrogen-bond acceptors (Lipinski definition) is 2. The third-order valence-electron chi connectivity index (χ3n) is 2.47. The van der Waals surface area contributed by atoms with E-state index in [0.29, 0.717) is 0 Å². The molecule has 0 aromatic rings. The normalized spacial score (nSPS) is 20.7. The molecule has 0 saturated carbocycles. The fourth-order valence-electron chi connectivity index (χ4n) is 1.51. The highest BCUT2D eigenvalue weighted by Crippen LogP contribution is 2.09. The summed E-state index contributed by atoms with van der Waals surface area (Å²) in [5.74, 6) is 0.247. The van der Waals surface area contributed by atoms with Crippen LogP contribution in [0.3, 0.4) is 0 Å². The summed E-state index contributed by atoms with van der Waals surface area (Å²) in [6.45, 7) is 3.81. The van der Waals surface area contributed by atoms with Gasteiger partial charge in [0, 0.05) is 13.1 Å². The van der Waals surface area contributed by atoms with E-state index in [9.17, 15) is 4.79 Å². The molecule has 1 fully saturated rings. The van der Waals surface area contributed by atoms with E-state index in [2.05, 4.69) is 5.32 Å². The predicted octanol–water partition coefficient (Wildman–Crippen LogP) is 0.607. The maximum atomic E-state index is 11.6. The van der Waals surface area contributed by atoms with Crippen molar-refractivity contribution in [3.05, 3.63) is 0 Å². The van der Waals surface area contributed by atoms with Crippen LogP contribution in [0, 0.1) is 0 Å². The molecule has 1 heterocycles. The average molecular weight is 170 g/mol. The molecule has 1 atom stereocenters. The van der Waals surface area contributed by atoms with Gasteiger partial charge in [0.05, 0.1) is 6.04 Å². The van der Waals surface area contributed by atoms with E-state index in [4.69, 9.17) is 0 Å². The van der Waals surface area contributed by atoms with E-state index in [-0.39, 0.29) is 11.9 Å². The molecule has 3 heteroatoms. The molecule has 3 nitrogen and oxygen atoms in total. The second-order valence-electron chi connectivity index (χ2n) is 3.40. The largest absolute Gasteiger partial charge is 0.341 e. The van der Waals surface area contributed by atoms with Crippen molar-refractivity contribution >= 4 is 5.91 Å². The van der Waals surface area contributed by atoms with Gasteiger partial charge in [-0.1, -0.05) is 0 Å². The average Bonchev–Trinajstić information content (AvgIpc) is 2.17. The van der Waals surface area contributed by atoms with Crippen molar-refractivity contribution in [2.24, 2.45) is 0 Å². The maximum absolute atomic E-state index is 11.6. The summed E-state index contributed by atoms with van der Waals surface area (Å²) in [5, 5.41) is 2.97. The van der Waals surface area contributed by atoms with E-state index in [1.165, 1.54) is 19.3 Å². The molecule has 1 saturated heterocycles. The molecule has 0 aromatic carbocycles. The van der Waals surface area contributed by atoms with Gasteiger partial charge in [-0.2, -0.15) is 0 Å². The van der Waals surface area contributed by atoms with Crippen LogP contribution in [0.15, 0.2) is 0 Å². The molecule has 12 heavy (non-hydrogen) atoms. The third-order valence-corrected chi connectivity index (χ3v) is 2.47. The first-order valence-corrected chi connectivity index (χ1v) is 4.71. The van der Waals surface area contributed by atoms with E-state index in [1.54, 1.807) is 0 Å². The topological polar surface area (TPSA) is 32.3 Å². The highest BCUT2D eigenvalue weighted by molar-refractivity contribution is 5.81. The number of amides is 1. The number of carbonyl (C=O) groups is 1. The zero-order chi connectivity index (χ0) is 8.97. The first-order valence-electron chi connectivity index (χ1n) is 4.71. The van der Waals surface area contributed by atoms with Crippen LogP contribution in [0.2, 0.25) is 0 Å². The lowest BCUT2D eigenvalue weighted by atomic mass is 10.1. The van der Waals surface area contributed by atoms with Gasteiger partial charge in [0.1, 0.15) is 0 Å². The first kappa shape index (κ1) is 9.52. The first-order chi connectivity index (χ1) is 5.75. The number of hydrogen-bond donors (Lipinski definition) is 1. The summed E-state index contributed by atoms with van der Waals surface area (Å²) in [5.41, 5.74) is 0. The molecule has 0 bridgehead atoms. The summed E-state index contributed by atoms with van der Waals surface area (Å²) in [7, 11) is 1.83. The Bertz CT molecular complexity index is 153. The standard InChI is InChI=1S/C9H18N2O/c1-8(10-2)9(12)11-6-4-3-5-7-11/h8,10H,3-7H2,1-2H3/t8-/m1/s1. The molecule has 0 spiro atoms. The van der Waals surface area contributed by atoms with Crippen LogP contribution in [0.25, 0.3) is 0 Å². The second-order valence-corrected chi connectivity index (χ2v) is 3.40. The molecule has 1 aliphatic heterocycles. The highest BCUT2D eigenvalue weighted by atomic mass is 16.2. The van der Waals surface area contributed by atoms with Crippen molar-refractivity contribution in [2.45, 2.75) is 32.2 Å². The number of likely N-dealkylation sites (N-methyl/N-ethyl adjacent to an activating group) is 1. The summed E-state index contributed by atoms with van der Waals surface area (Å²) < 4.78 is 0. The Morgan fingerprint density at radius 1 is 1.33 bits per heavy atom. The number of likely N-dealkylation sites (tertiary alicyclic amines) is 1. The number of rotatable bonds is 2. The van der Waals surface area contributed by atoms with Gasteiger partial charge in [0.15, 0.2) is 0 Å². The van der Waals surface area contributed by atoms with Gasteiger partial charge in [-0.15, -0.1) is 0 Å². The molecular weight excluding hydrogens is 152 g/mol. The van der Waals surface area contributed by atoms with Gasteiger partial charge in [-0.25, -0.2) is 0 Å². The zero-order valence-electron chi connectivity index (χ0n) is 7.97. The van der Waals surface area contributed by atoms with E-state index in [0.717, 1.165) is 13.1 Å². The van der Waals surface area contributed by atoms with E-state index >= 15 is 0 Å². The van der Waals surface area contributed by atoms with Crippen LogP contribution in [0.1, 0.15) is 26.2 Å². The monoisotopic (exact) mass is 170 g/mol. The molecule has 1 N–H and O–H groups in total. The van der Waals surface area contributed by atoms with Crippen molar-refractivity contribution in [3.8, 4) is 0 Å².